The molecule has 0 amide bonds. The monoisotopic (exact) mass is 483 g/mol. The van der Waals surface area contributed by atoms with E-state index in [2.05, 4.69) is 9.80 Å². The lowest BCUT2D eigenvalue weighted by Gasteiger charge is -2.45. The first-order valence-corrected chi connectivity index (χ1v) is 13.0. The second-order valence-electron chi connectivity index (χ2n) is 8.79. The van der Waals surface area contributed by atoms with Crippen LogP contribution in [-0.4, -0.2) is 88.3 Å². The van der Waals surface area contributed by atoms with E-state index in [1.807, 2.05) is 6.07 Å². The Balaban J connectivity index is 1.24. The number of morpholine rings is 2. The highest BCUT2D eigenvalue weighted by atomic mass is 32.2. The normalized spacial score (nSPS) is 21.1. The van der Waals surface area contributed by atoms with E-state index in [0.717, 1.165) is 18.8 Å². The maximum absolute atomic E-state index is 12.7. The molecule has 0 spiro atoms. The molecular formula is C25H29N3O5S. The van der Waals surface area contributed by atoms with Gasteiger partial charge in [0, 0.05) is 31.7 Å². The molecule has 8 nitrogen and oxygen atoms in total. The first-order chi connectivity index (χ1) is 16.4. The van der Waals surface area contributed by atoms with Gasteiger partial charge in [-0.25, -0.2) is 8.42 Å². The van der Waals surface area contributed by atoms with Crippen molar-refractivity contribution in [3.05, 3.63) is 59.7 Å². The Labute approximate surface area is 200 Å². The van der Waals surface area contributed by atoms with Crippen LogP contribution in [0.2, 0.25) is 0 Å². The fourth-order valence-electron chi connectivity index (χ4n) is 4.58. The molecule has 2 fully saturated rings. The molecule has 2 aliphatic heterocycles. The maximum atomic E-state index is 12.7. The second kappa shape index (κ2) is 10.7. The van der Waals surface area contributed by atoms with Gasteiger partial charge in [-0.2, -0.15) is 5.26 Å². The number of methoxy groups -OCH3 is 1. The Morgan fingerprint density at radius 3 is 2.24 bits per heavy atom. The van der Waals surface area contributed by atoms with Crippen LogP contribution < -0.4 is 4.74 Å². The minimum atomic E-state index is -3.38. The fourth-order valence-corrected chi connectivity index (χ4v) is 5.87. The van der Waals surface area contributed by atoms with E-state index in [1.165, 1.54) is 24.3 Å². The van der Waals surface area contributed by atoms with Crippen molar-refractivity contribution in [2.75, 3.05) is 52.1 Å². The first-order valence-electron chi connectivity index (χ1n) is 11.4. The van der Waals surface area contributed by atoms with Crippen molar-refractivity contribution < 1.29 is 22.7 Å². The van der Waals surface area contributed by atoms with Crippen LogP contribution in [0.5, 0.6) is 5.75 Å². The minimum absolute atomic E-state index is 0.00583. The summed E-state index contributed by atoms with van der Waals surface area (Å²) in [5.41, 5.74) is 1.11. The zero-order valence-corrected chi connectivity index (χ0v) is 20.0. The van der Waals surface area contributed by atoms with Gasteiger partial charge in [-0.1, -0.05) is 0 Å². The van der Waals surface area contributed by atoms with Gasteiger partial charge in [0.15, 0.2) is 15.6 Å². The Bertz CT molecular complexity index is 1130. The number of Topliss-reactive ketones (excluding diaryl/α,β-unsaturated/α-hetero) is 1. The zero-order chi connectivity index (χ0) is 24.1. The molecule has 2 atom stereocenters. The number of fused-ring (bicyclic) bond motifs is 2. The molecular weight excluding hydrogens is 454 g/mol. The highest BCUT2D eigenvalue weighted by Crippen LogP contribution is 2.21. The van der Waals surface area contributed by atoms with E-state index in [1.54, 1.807) is 31.4 Å². The number of ether oxygens (including phenoxy) is 2. The number of nitriles is 1. The van der Waals surface area contributed by atoms with Gasteiger partial charge < -0.3 is 9.47 Å². The molecule has 2 aromatic carbocycles. The molecule has 0 saturated carbocycles. The van der Waals surface area contributed by atoms with Gasteiger partial charge in [0.25, 0.3) is 0 Å². The van der Waals surface area contributed by atoms with Crippen LogP contribution in [0.3, 0.4) is 0 Å². The molecule has 9 heteroatoms. The van der Waals surface area contributed by atoms with Crippen LogP contribution in [0.1, 0.15) is 22.3 Å². The molecule has 2 unspecified atom stereocenters. The molecule has 2 saturated heterocycles. The molecule has 2 heterocycles. The maximum Gasteiger partial charge on any atom is 0.178 e. The average Bonchev–Trinajstić information content (AvgIpc) is 2.83. The quantitative estimate of drug-likeness (QED) is 0.500. The van der Waals surface area contributed by atoms with Crippen LogP contribution >= 0.6 is 0 Å². The molecule has 0 aliphatic carbocycles. The Hall–Kier alpha value is -2.77. The largest absolute Gasteiger partial charge is 0.497 e. The van der Waals surface area contributed by atoms with Crippen molar-refractivity contribution in [1.29, 1.82) is 5.26 Å². The van der Waals surface area contributed by atoms with E-state index in [4.69, 9.17) is 14.7 Å². The molecule has 0 radical (unpaired) electrons. The Morgan fingerprint density at radius 1 is 1.03 bits per heavy atom. The lowest BCUT2D eigenvalue weighted by atomic mass is 10.1. The van der Waals surface area contributed by atoms with Crippen molar-refractivity contribution in [2.45, 2.75) is 23.5 Å². The summed E-state index contributed by atoms with van der Waals surface area (Å²) >= 11 is 0. The van der Waals surface area contributed by atoms with Gasteiger partial charge in [0.1, 0.15) is 5.75 Å². The number of sulfone groups is 1. The molecule has 180 valence electrons. The number of nitrogens with zero attached hydrogens (tertiary/aromatic N) is 3. The van der Waals surface area contributed by atoms with Gasteiger partial charge in [-0.3, -0.25) is 14.6 Å². The number of ketones is 1. The summed E-state index contributed by atoms with van der Waals surface area (Å²) in [6, 6.07) is 15.2. The van der Waals surface area contributed by atoms with Gasteiger partial charge in [-0.05, 0) is 61.5 Å². The Morgan fingerprint density at radius 2 is 1.65 bits per heavy atom. The number of hydrogen-bond donors (Lipinski definition) is 0. The zero-order valence-electron chi connectivity index (χ0n) is 19.2. The SMILES string of the molecule is COc1ccc(C(=O)CN2CC3CN(CCCS(=O)(=O)c4ccc(C#N)cc4)CC(C2)O3)cc1. The number of carbonyl (C=O) groups excluding carboxylic acids is 1. The summed E-state index contributed by atoms with van der Waals surface area (Å²) in [6.07, 6.45) is 0.541. The third-order valence-corrected chi connectivity index (χ3v) is 8.06. The molecule has 0 aromatic heterocycles. The average molecular weight is 484 g/mol. The van der Waals surface area contributed by atoms with E-state index >= 15 is 0 Å². The van der Waals surface area contributed by atoms with E-state index in [0.29, 0.717) is 43.7 Å². The summed E-state index contributed by atoms with van der Waals surface area (Å²) < 4.78 is 36.4. The molecule has 2 aliphatic rings. The van der Waals surface area contributed by atoms with Gasteiger partial charge in [0.05, 0.1) is 48.1 Å². The highest BCUT2D eigenvalue weighted by Gasteiger charge is 2.35. The number of benzene rings is 2. The number of rotatable bonds is 9. The number of hydrogen-bond acceptors (Lipinski definition) is 8. The Kier molecular flexibility index (Phi) is 7.63. The van der Waals surface area contributed by atoms with Crippen LogP contribution in [0, 0.1) is 11.3 Å². The van der Waals surface area contributed by atoms with Crippen LogP contribution in [0.4, 0.5) is 0 Å². The topological polar surface area (TPSA) is 99.9 Å². The second-order valence-corrected chi connectivity index (χ2v) is 10.9. The summed E-state index contributed by atoms with van der Waals surface area (Å²) in [5.74, 6) is 0.864. The molecule has 4 rings (SSSR count). The van der Waals surface area contributed by atoms with E-state index in [-0.39, 0.29) is 28.6 Å². The summed E-state index contributed by atoms with van der Waals surface area (Å²) in [7, 11) is -1.78. The highest BCUT2D eigenvalue weighted by molar-refractivity contribution is 7.91. The lowest BCUT2D eigenvalue weighted by molar-refractivity contribution is -0.136. The lowest BCUT2D eigenvalue weighted by Crippen LogP contribution is -2.60. The first kappa shape index (κ1) is 24.4. The van der Waals surface area contributed by atoms with Gasteiger partial charge in [-0.15, -0.1) is 0 Å². The molecule has 2 aromatic rings. The van der Waals surface area contributed by atoms with Crippen molar-refractivity contribution in [3.63, 3.8) is 0 Å². The number of carbonyl (C=O) groups is 1. The molecule has 2 bridgehead atoms. The van der Waals surface area contributed by atoms with Crippen molar-refractivity contribution >= 4 is 15.6 Å². The van der Waals surface area contributed by atoms with Crippen molar-refractivity contribution in [1.82, 2.24) is 9.80 Å². The summed E-state index contributed by atoms with van der Waals surface area (Å²) in [6.45, 7) is 3.83. The minimum Gasteiger partial charge on any atom is -0.497 e. The van der Waals surface area contributed by atoms with E-state index < -0.39 is 9.84 Å². The standard InChI is InChI=1S/C25H29N3O5S/c1-32-21-7-5-20(6-8-21)25(29)18-28-16-22-14-27(15-23(17-28)33-22)11-2-12-34(30,31)24-9-3-19(13-26)4-10-24/h3-10,22-23H,2,11-12,14-18H2,1H3. The fraction of sp³-hybridized carbons (Fsp3) is 0.440. The van der Waals surface area contributed by atoms with Crippen molar-refractivity contribution in [3.8, 4) is 11.8 Å². The van der Waals surface area contributed by atoms with Crippen LogP contribution in [0.15, 0.2) is 53.4 Å². The third kappa shape index (κ3) is 6.02. The predicted molar refractivity (Wildman–Crippen MR) is 127 cm³/mol. The third-order valence-electron chi connectivity index (χ3n) is 6.24. The van der Waals surface area contributed by atoms with Crippen LogP contribution in [-0.2, 0) is 14.6 Å². The summed E-state index contributed by atoms with van der Waals surface area (Å²) in [4.78, 5) is 17.3. The predicted octanol–water partition coefficient (Wildman–Crippen LogP) is 2.00. The van der Waals surface area contributed by atoms with E-state index in [9.17, 15) is 13.2 Å². The molecule has 0 N–H and O–H groups in total. The molecule has 34 heavy (non-hydrogen) atoms. The summed E-state index contributed by atoms with van der Waals surface area (Å²) in [5, 5.41) is 8.88. The smallest absolute Gasteiger partial charge is 0.178 e. The van der Waals surface area contributed by atoms with Crippen LogP contribution in [0.25, 0.3) is 0 Å². The van der Waals surface area contributed by atoms with Gasteiger partial charge in [0.2, 0.25) is 0 Å². The van der Waals surface area contributed by atoms with Crippen molar-refractivity contribution in [2.24, 2.45) is 0 Å². The van der Waals surface area contributed by atoms with Gasteiger partial charge >= 0.3 is 0 Å².